The number of hydrogen-bond donors (Lipinski definition) is 2. The Morgan fingerprint density at radius 3 is 2.94 bits per heavy atom. The van der Waals surface area contributed by atoms with Gasteiger partial charge < -0.3 is 15.4 Å². The molecule has 0 aliphatic rings. The van der Waals surface area contributed by atoms with Gasteiger partial charge >= 0.3 is 0 Å². The number of aliphatic hydroxyl groups excluding tert-OH is 1. The summed E-state index contributed by atoms with van der Waals surface area (Å²) >= 11 is 3.41. The van der Waals surface area contributed by atoms with Crippen LogP contribution < -0.4 is 5.73 Å². The molecule has 1 aromatic heterocycles. The first-order valence-electron chi connectivity index (χ1n) is 5.21. The third kappa shape index (κ3) is 1.86. The topological polar surface area (TPSA) is 64.1 Å². The lowest BCUT2D eigenvalue weighted by molar-refractivity contribution is 0.172. The highest BCUT2D eigenvalue weighted by Gasteiger charge is 2.15. The van der Waals surface area contributed by atoms with Crippen LogP contribution in [0.3, 0.4) is 0 Å². The molecule has 1 aromatic carbocycles. The molecule has 2 rings (SSSR count). The number of nitrogens with two attached hydrogens (primary N) is 1. The van der Waals surface area contributed by atoms with Crippen LogP contribution in [0.25, 0.3) is 11.0 Å². The summed E-state index contributed by atoms with van der Waals surface area (Å²) in [5, 5.41) is 9.79. The second kappa shape index (κ2) is 4.53. The Morgan fingerprint density at radius 1 is 1.56 bits per heavy atom. The van der Waals surface area contributed by atoms with E-state index in [9.17, 15) is 5.11 Å². The molecule has 3 N–H and O–H groups in total. The summed E-state index contributed by atoms with van der Waals surface area (Å²) in [6, 6.07) is 5.89. The summed E-state index contributed by atoms with van der Waals surface area (Å²) in [6.45, 7) is 2.98. The largest absolute Gasteiger partial charge is 0.384 e. The fourth-order valence-corrected chi connectivity index (χ4v) is 2.16. The highest BCUT2D eigenvalue weighted by atomic mass is 79.9. The van der Waals surface area contributed by atoms with Gasteiger partial charge in [-0.25, -0.2) is 4.98 Å². The average Bonchev–Trinajstić information content (AvgIpc) is 2.65. The normalized spacial score (nSPS) is 13.2. The summed E-state index contributed by atoms with van der Waals surface area (Å²) < 4.78 is 2.97. The second-order valence-electron chi connectivity index (χ2n) is 3.60. The van der Waals surface area contributed by atoms with Crippen LogP contribution in [0.15, 0.2) is 22.7 Å². The van der Waals surface area contributed by atoms with Crippen LogP contribution in [0.4, 0.5) is 0 Å². The number of nitrogens with zero attached hydrogens (tertiary/aromatic N) is 2. The standard InChI is InChI=1S/C11H14BrN3O/c1-2-15-9-4-3-7(12)5-8(9)14-11(15)10(16)6-13/h3-5,10,16H,2,6,13H2,1H3. The third-order valence-corrected chi connectivity index (χ3v) is 3.07. The van der Waals surface area contributed by atoms with Gasteiger partial charge in [0.25, 0.3) is 0 Å². The molecule has 86 valence electrons. The molecule has 1 atom stereocenters. The van der Waals surface area contributed by atoms with Crippen molar-refractivity contribution in [3.63, 3.8) is 0 Å². The lowest BCUT2D eigenvalue weighted by Gasteiger charge is -2.09. The predicted molar refractivity (Wildman–Crippen MR) is 67.1 cm³/mol. The van der Waals surface area contributed by atoms with Gasteiger partial charge in [0.15, 0.2) is 0 Å². The van der Waals surface area contributed by atoms with Gasteiger partial charge in [0.05, 0.1) is 11.0 Å². The molecular weight excluding hydrogens is 270 g/mol. The number of hydrogen-bond acceptors (Lipinski definition) is 3. The van der Waals surface area contributed by atoms with Gasteiger partial charge in [0.2, 0.25) is 0 Å². The first-order chi connectivity index (χ1) is 7.67. The summed E-state index contributed by atoms with van der Waals surface area (Å²) in [6.07, 6.45) is -0.703. The molecule has 0 spiro atoms. The maximum absolute atomic E-state index is 9.79. The van der Waals surface area contributed by atoms with Crippen LogP contribution in [0.2, 0.25) is 0 Å². The van der Waals surface area contributed by atoms with Gasteiger partial charge in [0.1, 0.15) is 11.9 Å². The van der Waals surface area contributed by atoms with E-state index in [1.807, 2.05) is 29.7 Å². The molecule has 0 radical (unpaired) electrons. The number of benzene rings is 1. The van der Waals surface area contributed by atoms with E-state index in [0.717, 1.165) is 22.1 Å². The maximum Gasteiger partial charge on any atom is 0.140 e. The van der Waals surface area contributed by atoms with Crippen molar-refractivity contribution in [2.75, 3.05) is 6.54 Å². The molecule has 16 heavy (non-hydrogen) atoms. The van der Waals surface area contributed by atoms with Gasteiger partial charge in [-0.15, -0.1) is 0 Å². The molecule has 5 heteroatoms. The lowest BCUT2D eigenvalue weighted by atomic mass is 10.3. The highest BCUT2D eigenvalue weighted by molar-refractivity contribution is 9.10. The first kappa shape index (κ1) is 11.6. The van der Waals surface area contributed by atoms with Gasteiger partial charge in [-0.1, -0.05) is 15.9 Å². The third-order valence-electron chi connectivity index (χ3n) is 2.58. The van der Waals surface area contributed by atoms with E-state index in [1.165, 1.54) is 0 Å². The van der Waals surface area contributed by atoms with E-state index >= 15 is 0 Å². The number of imidazole rings is 1. The van der Waals surface area contributed by atoms with E-state index in [1.54, 1.807) is 0 Å². The molecule has 0 fully saturated rings. The minimum atomic E-state index is -0.703. The van der Waals surface area contributed by atoms with Crippen LogP contribution in [0.5, 0.6) is 0 Å². The van der Waals surface area contributed by atoms with Crippen molar-refractivity contribution in [3.05, 3.63) is 28.5 Å². The molecule has 0 bridgehead atoms. The Kier molecular flexibility index (Phi) is 3.28. The van der Waals surface area contributed by atoms with Crippen LogP contribution in [-0.2, 0) is 6.54 Å². The minimum absolute atomic E-state index is 0.185. The van der Waals surface area contributed by atoms with Crippen LogP contribution in [0.1, 0.15) is 18.9 Å². The first-order valence-corrected chi connectivity index (χ1v) is 6.00. The maximum atomic E-state index is 9.79. The van der Waals surface area contributed by atoms with Crippen molar-refractivity contribution in [2.24, 2.45) is 5.73 Å². The number of rotatable bonds is 3. The summed E-state index contributed by atoms with van der Waals surface area (Å²) in [5.41, 5.74) is 7.36. The molecule has 0 amide bonds. The summed E-state index contributed by atoms with van der Waals surface area (Å²) in [5.74, 6) is 0.637. The Morgan fingerprint density at radius 2 is 2.31 bits per heavy atom. The Labute approximate surface area is 102 Å². The van der Waals surface area contributed by atoms with Gasteiger partial charge in [-0.05, 0) is 25.1 Å². The minimum Gasteiger partial charge on any atom is -0.384 e. The molecule has 0 saturated heterocycles. The molecule has 0 aliphatic heterocycles. The smallest absolute Gasteiger partial charge is 0.140 e. The van der Waals surface area contributed by atoms with Gasteiger partial charge in [0, 0.05) is 17.6 Å². The highest BCUT2D eigenvalue weighted by Crippen LogP contribution is 2.23. The number of aromatic nitrogens is 2. The molecule has 2 aromatic rings. The van der Waals surface area contributed by atoms with Crippen LogP contribution in [0, 0.1) is 0 Å². The number of fused-ring (bicyclic) bond motifs is 1. The van der Waals surface area contributed by atoms with Crippen molar-refractivity contribution >= 4 is 27.0 Å². The van der Waals surface area contributed by atoms with Crippen molar-refractivity contribution in [3.8, 4) is 0 Å². The summed E-state index contributed by atoms with van der Waals surface area (Å²) in [7, 11) is 0. The van der Waals surface area contributed by atoms with Crippen LogP contribution >= 0.6 is 15.9 Å². The quantitative estimate of drug-likeness (QED) is 0.903. The lowest BCUT2D eigenvalue weighted by Crippen LogP contribution is -2.16. The molecule has 0 aliphatic carbocycles. The zero-order valence-corrected chi connectivity index (χ0v) is 10.6. The van der Waals surface area contributed by atoms with Crippen molar-refractivity contribution in [2.45, 2.75) is 19.6 Å². The van der Waals surface area contributed by atoms with E-state index in [0.29, 0.717) is 5.82 Å². The Bertz CT molecular complexity index is 509. The van der Waals surface area contributed by atoms with Crippen molar-refractivity contribution in [1.82, 2.24) is 9.55 Å². The monoisotopic (exact) mass is 283 g/mol. The van der Waals surface area contributed by atoms with E-state index < -0.39 is 6.10 Å². The molecule has 4 nitrogen and oxygen atoms in total. The molecular formula is C11H14BrN3O. The van der Waals surface area contributed by atoms with Gasteiger partial charge in [-0.3, -0.25) is 0 Å². The Balaban J connectivity index is 2.65. The summed E-state index contributed by atoms with van der Waals surface area (Å²) in [4.78, 5) is 4.42. The van der Waals surface area contributed by atoms with Crippen molar-refractivity contribution in [1.29, 1.82) is 0 Å². The average molecular weight is 284 g/mol. The molecule has 1 heterocycles. The number of aliphatic hydroxyl groups is 1. The second-order valence-corrected chi connectivity index (χ2v) is 4.51. The van der Waals surface area contributed by atoms with E-state index in [4.69, 9.17) is 5.73 Å². The van der Waals surface area contributed by atoms with Gasteiger partial charge in [-0.2, -0.15) is 0 Å². The fraction of sp³-hybridized carbons (Fsp3) is 0.364. The van der Waals surface area contributed by atoms with E-state index in [-0.39, 0.29) is 6.54 Å². The zero-order valence-electron chi connectivity index (χ0n) is 9.02. The molecule has 0 saturated carbocycles. The zero-order chi connectivity index (χ0) is 11.7. The Hall–Kier alpha value is -0.910. The number of aryl methyl sites for hydroxylation is 1. The van der Waals surface area contributed by atoms with E-state index in [2.05, 4.69) is 20.9 Å². The van der Waals surface area contributed by atoms with Crippen LogP contribution in [-0.4, -0.2) is 21.2 Å². The molecule has 1 unspecified atom stereocenters. The predicted octanol–water partition coefficient (Wildman–Crippen LogP) is 1.81. The SMILES string of the molecule is CCn1c(C(O)CN)nc2cc(Br)ccc21. The number of halogens is 1. The fourth-order valence-electron chi connectivity index (χ4n) is 1.81. The van der Waals surface area contributed by atoms with Crippen molar-refractivity contribution < 1.29 is 5.11 Å².